The summed E-state index contributed by atoms with van der Waals surface area (Å²) in [4.78, 5) is 24.9. The highest BCUT2D eigenvalue weighted by molar-refractivity contribution is 6.28. The number of aromatic nitrogens is 2. The highest BCUT2D eigenvalue weighted by Gasteiger charge is 2.51. The molecule has 2 atom stereocenters. The lowest BCUT2D eigenvalue weighted by Crippen LogP contribution is -2.39. The Bertz CT molecular complexity index is 660. The molecular weight excluding hydrogens is 328 g/mol. The molecule has 2 aliphatic rings. The molecule has 0 unspecified atom stereocenters. The second-order valence-electron chi connectivity index (χ2n) is 8.24. The van der Waals surface area contributed by atoms with Crippen LogP contribution in [0.5, 0.6) is 0 Å². The largest absolute Gasteiger partial charge is 0.444 e. The van der Waals surface area contributed by atoms with Crippen molar-refractivity contribution in [3.63, 3.8) is 0 Å². The molecule has 0 saturated carbocycles. The van der Waals surface area contributed by atoms with E-state index in [-0.39, 0.29) is 16.8 Å². The number of hydrogen-bond acceptors (Lipinski definition) is 5. The smallest absolute Gasteiger partial charge is 0.410 e. The fourth-order valence-electron chi connectivity index (χ4n) is 3.70. The van der Waals surface area contributed by atoms with Crippen molar-refractivity contribution >= 4 is 23.5 Å². The van der Waals surface area contributed by atoms with Crippen LogP contribution < -0.4 is 4.90 Å². The number of hydrogen-bond donors (Lipinski definition) is 0. The van der Waals surface area contributed by atoms with Gasteiger partial charge < -0.3 is 14.5 Å². The summed E-state index contributed by atoms with van der Waals surface area (Å²) in [6.45, 7) is 13.1. The first-order valence-corrected chi connectivity index (χ1v) is 8.67. The van der Waals surface area contributed by atoms with E-state index in [1.165, 1.54) is 0 Å². The lowest BCUT2D eigenvalue weighted by molar-refractivity contribution is 0.0273. The first-order valence-electron chi connectivity index (χ1n) is 8.29. The summed E-state index contributed by atoms with van der Waals surface area (Å²) in [5.74, 6) is 1.30. The van der Waals surface area contributed by atoms with Gasteiger partial charge in [-0.3, -0.25) is 0 Å². The van der Waals surface area contributed by atoms with Crippen LogP contribution in [0.25, 0.3) is 0 Å². The standard InChI is InChI=1S/C17H25ClN4O2/c1-11-6-19-14(18)20-13(11)21-7-12-8-22(10-17(12,5)9-21)15(23)24-16(2,3)4/h6,12H,7-10H2,1-5H3/t12-,17+/m0/s1. The first-order chi connectivity index (χ1) is 11.1. The molecule has 3 rings (SSSR count). The number of nitrogens with zero attached hydrogens (tertiary/aromatic N) is 4. The lowest BCUT2D eigenvalue weighted by Gasteiger charge is -2.28. The van der Waals surface area contributed by atoms with E-state index < -0.39 is 5.60 Å². The maximum Gasteiger partial charge on any atom is 0.410 e. The second kappa shape index (κ2) is 5.76. The minimum absolute atomic E-state index is 0.0424. The second-order valence-corrected chi connectivity index (χ2v) is 8.58. The molecule has 2 saturated heterocycles. The van der Waals surface area contributed by atoms with Crippen molar-refractivity contribution in [2.45, 2.75) is 40.2 Å². The Morgan fingerprint density at radius 2 is 2.08 bits per heavy atom. The van der Waals surface area contributed by atoms with Crippen molar-refractivity contribution in [2.24, 2.45) is 11.3 Å². The zero-order chi connectivity index (χ0) is 17.7. The normalized spacial score (nSPS) is 26.7. The van der Waals surface area contributed by atoms with E-state index in [1.807, 2.05) is 32.6 Å². The molecular formula is C17H25ClN4O2. The average molecular weight is 353 g/mol. The van der Waals surface area contributed by atoms with E-state index in [0.717, 1.165) is 31.0 Å². The van der Waals surface area contributed by atoms with Gasteiger partial charge in [0.05, 0.1) is 0 Å². The van der Waals surface area contributed by atoms with Crippen molar-refractivity contribution in [3.8, 4) is 0 Å². The Balaban J connectivity index is 1.71. The zero-order valence-corrected chi connectivity index (χ0v) is 15.7. The van der Waals surface area contributed by atoms with E-state index in [0.29, 0.717) is 12.5 Å². The van der Waals surface area contributed by atoms with Crippen LogP contribution in [0, 0.1) is 18.3 Å². The molecule has 2 fully saturated rings. The molecule has 132 valence electrons. The molecule has 1 aromatic heterocycles. The van der Waals surface area contributed by atoms with Gasteiger partial charge in [0.2, 0.25) is 5.28 Å². The summed E-state index contributed by atoms with van der Waals surface area (Å²) in [7, 11) is 0. The molecule has 0 radical (unpaired) electrons. The molecule has 3 heterocycles. The van der Waals surface area contributed by atoms with Crippen LogP contribution in [0.2, 0.25) is 5.28 Å². The Morgan fingerprint density at radius 1 is 1.38 bits per heavy atom. The number of carbonyl (C=O) groups is 1. The van der Waals surface area contributed by atoms with Gasteiger partial charge in [-0.15, -0.1) is 0 Å². The number of halogens is 1. The highest BCUT2D eigenvalue weighted by atomic mass is 35.5. The number of likely N-dealkylation sites (tertiary alicyclic amines) is 1. The van der Waals surface area contributed by atoms with Crippen LogP contribution in [0.3, 0.4) is 0 Å². The van der Waals surface area contributed by atoms with Gasteiger partial charge >= 0.3 is 6.09 Å². The Morgan fingerprint density at radius 3 is 2.71 bits per heavy atom. The predicted octanol–water partition coefficient (Wildman–Crippen LogP) is 3.13. The first kappa shape index (κ1) is 17.3. The van der Waals surface area contributed by atoms with E-state index >= 15 is 0 Å². The number of ether oxygens (including phenoxy) is 1. The monoisotopic (exact) mass is 352 g/mol. The van der Waals surface area contributed by atoms with Crippen molar-refractivity contribution in [1.29, 1.82) is 0 Å². The summed E-state index contributed by atoms with van der Waals surface area (Å²) in [6.07, 6.45) is 1.54. The van der Waals surface area contributed by atoms with Gasteiger partial charge in [0.1, 0.15) is 11.4 Å². The van der Waals surface area contributed by atoms with Crippen molar-refractivity contribution in [3.05, 3.63) is 17.0 Å². The molecule has 0 aliphatic carbocycles. The van der Waals surface area contributed by atoms with Gasteiger partial charge in [-0.05, 0) is 39.3 Å². The summed E-state index contributed by atoms with van der Waals surface area (Å²) in [5.41, 5.74) is 0.601. The number of carbonyl (C=O) groups excluding carboxylic acids is 1. The van der Waals surface area contributed by atoms with E-state index in [1.54, 1.807) is 6.20 Å². The van der Waals surface area contributed by atoms with Gasteiger partial charge in [-0.2, -0.15) is 0 Å². The molecule has 0 N–H and O–H groups in total. The van der Waals surface area contributed by atoms with Crippen molar-refractivity contribution < 1.29 is 9.53 Å². The van der Waals surface area contributed by atoms with Crippen LogP contribution in [-0.2, 0) is 4.74 Å². The van der Waals surface area contributed by atoms with Crippen LogP contribution in [0.1, 0.15) is 33.3 Å². The number of aryl methyl sites for hydroxylation is 1. The maximum atomic E-state index is 12.3. The van der Waals surface area contributed by atoms with Gasteiger partial charge in [0.15, 0.2) is 0 Å². The molecule has 7 heteroatoms. The Kier molecular flexibility index (Phi) is 4.14. The lowest BCUT2D eigenvalue weighted by atomic mass is 9.83. The fraction of sp³-hybridized carbons (Fsp3) is 0.706. The Labute approximate surface area is 148 Å². The highest BCUT2D eigenvalue weighted by Crippen LogP contribution is 2.44. The summed E-state index contributed by atoms with van der Waals surface area (Å²) in [6, 6.07) is 0. The third-order valence-electron chi connectivity index (χ3n) is 4.84. The molecule has 1 aromatic rings. The maximum absolute atomic E-state index is 12.3. The van der Waals surface area contributed by atoms with Gasteiger partial charge in [-0.25, -0.2) is 14.8 Å². The van der Waals surface area contributed by atoms with E-state index in [4.69, 9.17) is 16.3 Å². The Hall–Kier alpha value is -1.56. The quantitative estimate of drug-likeness (QED) is 0.727. The van der Waals surface area contributed by atoms with Crippen molar-refractivity contribution in [2.75, 3.05) is 31.1 Å². The fourth-order valence-corrected chi connectivity index (χ4v) is 3.83. The third-order valence-corrected chi connectivity index (χ3v) is 5.02. The number of amides is 1. The van der Waals surface area contributed by atoms with Crippen molar-refractivity contribution in [1.82, 2.24) is 14.9 Å². The van der Waals surface area contributed by atoms with Crippen LogP contribution in [0.15, 0.2) is 6.20 Å². The summed E-state index contributed by atoms with van der Waals surface area (Å²) >= 11 is 5.96. The average Bonchev–Trinajstić information content (AvgIpc) is 2.91. The van der Waals surface area contributed by atoms with Gasteiger partial charge in [0, 0.05) is 49.3 Å². The molecule has 1 amide bonds. The number of anilines is 1. The van der Waals surface area contributed by atoms with Crippen LogP contribution in [0.4, 0.5) is 10.6 Å². The minimum atomic E-state index is -0.462. The zero-order valence-electron chi connectivity index (χ0n) is 15.0. The molecule has 0 spiro atoms. The third kappa shape index (κ3) is 3.29. The minimum Gasteiger partial charge on any atom is -0.444 e. The van der Waals surface area contributed by atoms with E-state index in [9.17, 15) is 4.79 Å². The molecule has 6 nitrogen and oxygen atoms in total. The van der Waals surface area contributed by atoms with E-state index in [2.05, 4.69) is 21.8 Å². The van der Waals surface area contributed by atoms with Gasteiger partial charge in [0.25, 0.3) is 0 Å². The number of rotatable bonds is 1. The van der Waals surface area contributed by atoms with Gasteiger partial charge in [-0.1, -0.05) is 6.92 Å². The SMILES string of the molecule is Cc1cnc(Cl)nc1N1C[C@H]2CN(C(=O)OC(C)(C)C)C[C@@]2(C)C1. The molecule has 24 heavy (non-hydrogen) atoms. The summed E-state index contributed by atoms with van der Waals surface area (Å²) < 4.78 is 5.51. The van der Waals surface area contributed by atoms with Crippen LogP contribution in [-0.4, -0.2) is 52.7 Å². The predicted molar refractivity (Wildman–Crippen MR) is 93.4 cm³/mol. The molecule has 0 aromatic carbocycles. The topological polar surface area (TPSA) is 58.6 Å². The van der Waals surface area contributed by atoms with Crippen LogP contribution >= 0.6 is 11.6 Å². The molecule has 2 aliphatic heterocycles. The summed E-state index contributed by atoms with van der Waals surface area (Å²) in [5, 5.41) is 0.271. The number of fused-ring (bicyclic) bond motifs is 1. The molecule has 0 bridgehead atoms.